The zero-order valence-electron chi connectivity index (χ0n) is 11.7. The molecule has 0 bridgehead atoms. The van der Waals surface area contributed by atoms with Crippen molar-refractivity contribution in [2.45, 2.75) is 6.54 Å². The van der Waals surface area contributed by atoms with E-state index in [0.29, 0.717) is 23.6 Å². The highest BCUT2D eigenvalue weighted by Crippen LogP contribution is 2.25. The summed E-state index contributed by atoms with van der Waals surface area (Å²) < 4.78 is 10.4. The van der Waals surface area contributed by atoms with Gasteiger partial charge in [0.2, 0.25) is 0 Å². The molecule has 1 aromatic carbocycles. The monoisotopic (exact) mass is 275 g/mol. The van der Waals surface area contributed by atoms with Crippen LogP contribution in [0.2, 0.25) is 0 Å². The van der Waals surface area contributed by atoms with Crippen LogP contribution in [0.4, 0.5) is 0 Å². The third kappa shape index (κ3) is 2.90. The van der Waals surface area contributed by atoms with Gasteiger partial charge in [0.05, 0.1) is 26.0 Å². The molecule has 1 N–H and O–H groups in total. The smallest absolute Gasteiger partial charge is 0.257 e. The quantitative estimate of drug-likeness (QED) is 0.901. The Kier molecular flexibility index (Phi) is 4.24. The van der Waals surface area contributed by atoms with Gasteiger partial charge in [-0.25, -0.2) is 0 Å². The summed E-state index contributed by atoms with van der Waals surface area (Å²) in [6.07, 6.45) is 3.45. The number of ether oxygens (including phenoxy) is 2. The lowest BCUT2D eigenvalue weighted by atomic mass is 10.1. The lowest BCUT2D eigenvalue weighted by Gasteiger charge is -2.18. The van der Waals surface area contributed by atoms with Crippen molar-refractivity contribution < 1.29 is 14.3 Å². The summed E-state index contributed by atoms with van der Waals surface area (Å²) >= 11 is 0. The Labute approximate surface area is 117 Å². The molecule has 6 nitrogen and oxygen atoms in total. The lowest BCUT2D eigenvalue weighted by Crippen LogP contribution is -2.26. The number of nitrogens with zero attached hydrogens (tertiary/aromatic N) is 2. The van der Waals surface area contributed by atoms with E-state index in [1.54, 1.807) is 49.7 Å². The van der Waals surface area contributed by atoms with Gasteiger partial charge in [-0.05, 0) is 12.1 Å². The fraction of sp³-hybridized carbons (Fsp3) is 0.286. The number of aromatic nitrogens is 2. The third-order valence-corrected chi connectivity index (χ3v) is 2.96. The van der Waals surface area contributed by atoms with Crippen LogP contribution < -0.4 is 9.47 Å². The second-order valence-electron chi connectivity index (χ2n) is 4.33. The largest absolute Gasteiger partial charge is 0.497 e. The number of amides is 1. The molecule has 0 spiro atoms. The first-order valence-electron chi connectivity index (χ1n) is 6.11. The Hall–Kier alpha value is -2.50. The molecule has 0 aliphatic carbocycles. The minimum atomic E-state index is -0.120. The fourth-order valence-corrected chi connectivity index (χ4v) is 1.89. The van der Waals surface area contributed by atoms with E-state index in [0.717, 1.165) is 5.56 Å². The van der Waals surface area contributed by atoms with Crippen molar-refractivity contribution in [3.8, 4) is 11.5 Å². The molecule has 0 atom stereocenters. The van der Waals surface area contributed by atoms with Crippen molar-refractivity contribution in [3.63, 3.8) is 0 Å². The molecular weight excluding hydrogens is 258 g/mol. The van der Waals surface area contributed by atoms with Crippen molar-refractivity contribution in [1.29, 1.82) is 0 Å². The second-order valence-corrected chi connectivity index (χ2v) is 4.33. The van der Waals surface area contributed by atoms with Gasteiger partial charge in [-0.3, -0.25) is 9.89 Å². The van der Waals surface area contributed by atoms with Gasteiger partial charge >= 0.3 is 0 Å². The molecule has 0 radical (unpaired) electrons. The highest BCUT2D eigenvalue weighted by atomic mass is 16.5. The molecule has 0 unspecified atom stereocenters. The third-order valence-electron chi connectivity index (χ3n) is 2.96. The zero-order valence-corrected chi connectivity index (χ0v) is 11.7. The van der Waals surface area contributed by atoms with Crippen LogP contribution in [0.3, 0.4) is 0 Å². The van der Waals surface area contributed by atoms with E-state index >= 15 is 0 Å². The normalized spacial score (nSPS) is 10.2. The molecule has 0 aliphatic heterocycles. The molecule has 1 heterocycles. The second kappa shape index (κ2) is 6.10. The van der Waals surface area contributed by atoms with Crippen molar-refractivity contribution in [1.82, 2.24) is 15.1 Å². The van der Waals surface area contributed by atoms with E-state index in [1.165, 1.54) is 7.11 Å². The number of hydrogen-bond donors (Lipinski definition) is 1. The van der Waals surface area contributed by atoms with Crippen LogP contribution in [0.1, 0.15) is 15.9 Å². The molecule has 6 heteroatoms. The molecule has 2 aromatic rings. The van der Waals surface area contributed by atoms with E-state index in [9.17, 15) is 4.79 Å². The number of H-pyrrole nitrogens is 1. The van der Waals surface area contributed by atoms with Crippen LogP contribution >= 0.6 is 0 Å². The molecule has 0 saturated carbocycles. The van der Waals surface area contributed by atoms with E-state index < -0.39 is 0 Å². The maximum Gasteiger partial charge on any atom is 0.257 e. The Morgan fingerprint density at radius 1 is 1.35 bits per heavy atom. The highest BCUT2D eigenvalue weighted by Gasteiger charge is 2.17. The Balaban J connectivity index is 2.19. The van der Waals surface area contributed by atoms with Crippen molar-refractivity contribution in [2.24, 2.45) is 0 Å². The predicted octanol–water partition coefficient (Wildman–Crippen LogP) is 1.70. The SMILES string of the molecule is COc1ccc(C(=O)N(C)Cc2cn[nH]c2)c(OC)c1. The van der Waals surface area contributed by atoms with Crippen LogP contribution in [0.15, 0.2) is 30.6 Å². The average Bonchev–Trinajstić information content (AvgIpc) is 2.98. The summed E-state index contributed by atoms with van der Waals surface area (Å²) in [5.74, 6) is 1.02. The summed E-state index contributed by atoms with van der Waals surface area (Å²) in [6.45, 7) is 0.477. The number of carbonyl (C=O) groups is 1. The van der Waals surface area contributed by atoms with Gasteiger partial charge in [-0.1, -0.05) is 0 Å². The van der Waals surface area contributed by atoms with E-state index in [4.69, 9.17) is 9.47 Å². The number of benzene rings is 1. The molecule has 0 saturated heterocycles. The van der Waals surface area contributed by atoms with E-state index in [-0.39, 0.29) is 5.91 Å². The number of methoxy groups -OCH3 is 2. The minimum absolute atomic E-state index is 0.120. The topological polar surface area (TPSA) is 67.5 Å². The van der Waals surface area contributed by atoms with Crippen molar-refractivity contribution in [3.05, 3.63) is 41.7 Å². The van der Waals surface area contributed by atoms with Gasteiger partial charge in [-0.2, -0.15) is 5.10 Å². The minimum Gasteiger partial charge on any atom is -0.497 e. The van der Waals surface area contributed by atoms with Crippen LogP contribution in [0.5, 0.6) is 11.5 Å². The standard InChI is InChI=1S/C14H17N3O3/c1-17(9-10-7-15-16-8-10)14(18)12-5-4-11(19-2)6-13(12)20-3/h4-8H,9H2,1-3H3,(H,15,16). The van der Waals surface area contributed by atoms with Crippen molar-refractivity contribution >= 4 is 5.91 Å². The number of hydrogen-bond acceptors (Lipinski definition) is 4. The number of carbonyl (C=O) groups excluding carboxylic acids is 1. The summed E-state index contributed by atoms with van der Waals surface area (Å²) in [5, 5.41) is 6.58. The highest BCUT2D eigenvalue weighted by molar-refractivity contribution is 5.97. The average molecular weight is 275 g/mol. The lowest BCUT2D eigenvalue weighted by molar-refractivity contribution is 0.0781. The Morgan fingerprint density at radius 3 is 2.75 bits per heavy atom. The number of aromatic amines is 1. The molecule has 106 valence electrons. The molecule has 1 amide bonds. The van der Waals surface area contributed by atoms with Crippen molar-refractivity contribution in [2.75, 3.05) is 21.3 Å². The Bertz CT molecular complexity index is 581. The van der Waals surface area contributed by atoms with Gasteiger partial charge in [-0.15, -0.1) is 0 Å². The van der Waals surface area contributed by atoms with Gasteiger partial charge in [0.25, 0.3) is 5.91 Å². The predicted molar refractivity (Wildman–Crippen MR) is 73.9 cm³/mol. The maximum absolute atomic E-state index is 12.4. The Morgan fingerprint density at radius 2 is 2.15 bits per heavy atom. The molecule has 2 rings (SSSR count). The fourth-order valence-electron chi connectivity index (χ4n) is 1.89. The molecule has 0 aliphatic rings. The van der Waals surface area contributed by atoms with Crippen LogP contribution in [0.25, 0.3) is 0 Å². The summed E-state index contributed by atoms with van der Waals surface area (Å²) in [4.78, 5) is 14.0. The first-order chi connectivity index (χ1) is 9.65. The van der Waals surface area contributed by atoms with E-state index in [2.05, 4.69) is 10.2 Å². The number of nitrogens with one attached hydrogen (secondary N) is 1. The van der Waals surface area contributed by atoms with Gasteiger partial charge in [0.1, 0.15) is 11.5 Å². The molecule has 0 fully saturated rings. The zero-order chi connectivity index (χ0) is 14.5. The molecule has 20 heavy (non-hydrogen) atoms. The summed E-state index contributed by atoms with van der Waals surface area (Å²) in [7, 11) is 4.84. The van der Waals surface area contributed by atoms with Crippen LogP contribution in [-0.4, -0.2) is 42.3 Å². The van der Waals surface area contributed by atoms with Gasteiger partial charge in [0.15, 0.2) is 0 Å². The summed E-state index contributed by atoms with van der Waals surface area (Å²) in [5.41, 5.74) is 1.44. The maximum atomic E-state index is 12.4. The first kappa shape index (κ1) is 13.9. The first-order valence-corrected chi connectivity index (χ1v) is 6.11. The molecule has 1 aromatic heterocycles. The van der Waals surface area contributed by atoms with Gasteiger partial charge in [0, 0.05) is 31.4 Å². The summed E-state index contributed by atoms with van der Waals surface area (Å²) in [6, 6.07) is 5.13. The van der Waals surface area contributed by atoms with Crippen LogP contribution in [0, 0.1) is 0 Å². The van der Waals surface area contributed by atoms with Crippen LogP contribution in [-0.2, 0) is 6.54 Å². The van der Waals surface area contributed by atoms with E-state index in [1.807, 2.05) is 0 Å². The molecular formula is C14H17N3O3. The number of rotatable bonds is 5. The van der Waals surface area contributed by atoms with Gasteiger partial charge < -0.3 is 14.4 Å².